The number of hydrogen-bond donors (Lipinski definition) is 1. The zero-order chi connectivity index (χ0) is 21.8. The van der Waals surface area contributed by atoms with Gasteiger partial charge in [0.1, 0.15) is 11.5 Å². The largest absolute Gasteiger partial charge is 0.508 e. The van der Waals surface area contributed by atoms with Crippen LogP contribution in [0.15, 0.2) is 59.7 Å². The summed E-state index contributed by atoms with van der Waals surface area (Å²) < 4.78 is 5.71. The molecule has 1 N–H and O–H groups in total. The number of rotatable bonds is 6. The number of hydrogen-bond acceptors (Lipinski definition) is 4. The van der Waals surface area contributed by atoms with Crippen LogP contribution in [0.2, 0.25) is 0 Å². The number of Topliss-reactive ketones (excluding diaryl/α,β-unsaturated/α-hetero) is 1. The monoisotopic (exact) mass is 417 g/mol. The normalized spacial score (nSPS) is 19.1. The maximum Gasteiger partial charge on any atom is 0.226 e. The molecule has 1 aliphatic carbocycles. The average molecular weight is 418 g/mol. The summed E-state index contributed by atoms with van der Waals surface area (Å²) in [6, 6.07) is 14.4. The van der Waals surface area contributed by atoms with Crippen LogP contribution in [-0.2, 0) is 9.59 Å². The van der Waals surface area contributed by atoms with E-state index in [9.17, 15) is 14.7 Å². The summed E-state index contributed by atoms with van der Waals surface area (Å²) in [6.45, 7) is 3.30. The third-order valence-corrected chi connectivity index (χ3v) is 5.43. The Morgan fingerprint density at radius 1 is 1.06 bits per heavy atom. The topological polar surface area (TPSA) is 66.8 Å². The van der Waals surface area contributed by atoms with E-state index in [-0.39, 0.29) is 23.4 Å². The molecule has 0 atom stereocenters. The Bertz CT molecular complexity index is 1050. The van der Waals surface area contributed by atoms with Gasteiger partial charge in [-0.05, 0) is 66.8 Å². The van der Waals surface area contributed by atoms with Crippen molar-refractivity contribution in [3.8, 4) is 11.5 Å². The number of ketones is 1. The molecule has 0 bridgehead atoms. The molecule has 1 saturated heterocycles. The van der Waals surface area contributed by atoms with Gasteiger partial charge in [0.2, 0.25) is 5.91 Å². The van der Waals surface area contributed by atoms with Crippen molar-refractivity contribution >= 4 is 23.8 Å². The molecule has 2 aromatic rings. The van der Waals surface area contributed by atoms with Gasteiger partial charge in [0.25, 0.3) is 0 Å². The van der Waals surface area contributed by atoms with E-state index in [0.717, 1.165) is 36.1 Å². The Kier molecular flexibility index (Phi) is 6.21. The molecule has 0 radical (unpaired) electrons. The van der Waals surface area contributed by atoms with Gasteiger partial charge < -0.3 is 14.7 Å². The van der Waals surface area contributed by atoms with Gasteiger partial charge >= 0.3 is 0 Å². The number of likely N-dealkylation sites (tertiary alicyclic amines) is 1. The number of nitrogens with zero attached hydrogens (tertiary/aromatic N) is 1. The molecule has 0 spiro atoms. The quantitative estimate of drug-likeness (QED) is 0.705. The maximum absolute atomic E-state index is 13.3. The summed E-state index contributed by atoms with van der Waals surface area (Å²) in [5.74, 6) is 1.04. The lowest BCUT2D eigenvalue weighted by molar-refractivity contribution is -0.132. The molecule has 1 amide bonds. The van der Waals surface area contributed by atoms with E-state index >= 15 is 0 Å². The Balaban J connectivity index is 1.66. The number of piperidine rings is 1. The SMILES string of the molecule is CCCOc1cccc(/C=C2\CN(C(=O)C3CC3)C/C(=C\c3cccc(O)c3)C2=O)c1. The third-order valence-electron chi connectivity index (χ3n) is 5.43. The molecule has 5 nitrogen and oxygen atoms in total. The van der Waals surface area contributed by atoms with E-state index in [1.165, 1.54) is 0 Å². The van der Waals surface area contributed by atoms with Gasteiger partial charge in [-0.15, -0.1) is 0 Å². The van der Waals surface area contributed by atoms with Gasteiger partial charge in [-0.25, -0.2) is 0 Å². The van der Waals surface area contributed by atoms with Crippen LogP contribution in [0.1, 0.15) is 37.3 Å². The van der Waals surface area contributed by atoms with Crippen LogP contribution in [0.25, 0.3) is 12.2 Å². The van der Waals surface area contributed by atoms with Crippen molar-refractivity contribution in [2.75, 3.05) is 19.7 Å². The van der Waals surface area contributed by atoms with Crippen molar-refractivity contribution < 1.29 is 19.4 Å². The van der Waals surface area contributed by atoms with E-state index in [0.29, 0.717) is 30.8 Å². The number of phenolic OH excluding ortho intramolecular Hbond substituents is 1. The lowest BCUT2D eigenvalue weighted by Crippen LogP contribution is -2.42. The van der Waals surface area contributed by atoms with Crippen molar-refractivity contribution in [2.24, 2.45) is 5.92 Å². The minimum Gasteiger partial charge on any atom is -0.508 e. The van der Waals surface area contributed by atoms with Gasteiger partial charge in [0, 0.05) is 30.2 Å². The second-order valence-corrected chi connectivity index (χ2v) is 8.15. The summed E-state index contributed by atoms with van der Waals surface area (Å²) in [7, 11) is 0. The van der Waals surface area contributed by atoms with Crippen LogP contribution < -0.4 is 4.74 Å². The molecule has 1 saturated carbocycles. The maximum atomic E-state index is 13.3. The highest BCUT2D eigenvalue weighted by molar-refractivity contribution is 6.15. The minimum atomic E-state index is -0.0666. The Hall–Kier alpha value is -3.34. The Morgan fingerprint density at radius 3 is 2.32 bits per heavy atom. The van der Waals surface area contributed by atoms with Gasteiger partial charge in [-0.3, -0.25) is 9.59 Å². The van der Waals surface area contributed by atoms with Crippen molar-refractivity contribution in [2.45, 2.75) is 26.2 Å². The molecule has 160 valence electrons. The standard InChI is InChI=1S/C26H27NO4/c1-2-11-31-24-8-4-6-19(15-24)13-22-17-27(26(30)20-9-10-20)16-21(25(22)29)12-18-5-3-7-23(28)14-18/h3-8,12-15,20,28H,2,9-11,16-17H2,1H3/b21-12+,22-13+. The first-order valence-corrected chi connectivity index (χ1v) is 10.8. The molecule has 2 aromatic carbocycles. The first-order chi connectivity index (χ1) is 15.0. The molecule has 31 heavy (non-hydrogen) atoms. The second kappa shape index (κ2) is 9.21. The van der Waals surface area contributed by atoms with Gasteiger partial charge in [-0.2, -0.15) is 0 Å². The zero-order valence-corrected chi connectivity index (χ0v) is 17.7. The molecule has 1 heterocycles. The molecule has 2 fully saturated rings. The molecular weight excluding hydrogens is 390 g/mol. The van der Waals surface area contributed by atoms with Crippen molar-refractivity contribution in [3.63, 3.8) is 0 Å². The fraction of sp³-hybridized carbons (Fsp3) is 0.308. The molecule has 4 rings (SSSR count). The lowest BCUT2D eigenvalue weighted by atomic mass is 9.94. The van der Waals surface area contributed by atoms with E-state index < -0.39 is 0 Å². The number of carbonyl (C=O) groups is 2. The van der Waals surface area contributed by atoms with Crippen LogP contribution >= 0.6 is 0 Å². The van der Waals surface area contributed by atoms with Crippen LogP contribution in [0.3, 0.4) is 0 Å². The molecule has 5 heteroatoms. The van der Waals surface area contributed by atoms with E-state index in [4.69, 9.17) is 4.74 Å². The predicted octanol–water partition coefficient (Wildman–Crippen LogP) is 4.47. The summed E-state index contributed by atoms with van der Waals surface area (Å²) in [5.41, 5.74) is 2.74. The second-order valence-electron chi connectivity index (χ2n) is 8.15. The minimum absolute atomic E-state index is 0.0666. The summed E-state index contributed by atoms with van der Waals surface area (Å²) in [6.07, 6.45) is 6.38. The molecular formula is C26H27NO4. The fourth-order valence-electron chi connectivity index (χ4n) is 3.71. The lowest BCUT2D eigenvalue weighted by Gasteiger charge is -2.30. The predicted molar refractivity (Wildman–Crippen MR) is 121 cm³/mol. The summed E-state index contributed by atoms with van der Waals surface area (Å²) in [4.78, 5) is 27.8. The Labute approximate surface area is 182 Å². The molecule has 0 aromatic heterocycles. The highest BCUT2D eigenvalue weighted by atomic mass is 16.5. The van der Waals surface area contributed by atoms with Crippen LogP contribution in [-0.4, -0.2) is 41.4 Å². The van der Waals surface area contributed by atoms with Gasteiger partial charge in [0.05, 0.1) is 6.61 Å². The number of phenols is 1. The summed E-state index contributed by atoms with van der Waals surface area (Å²) >= 11 is 0. The molecule has 1 aliphatic heterocycles. The molecule has 2 aliphatic rings. The van der Waals surface area contributed by atoms with Crippen molar-refractivity contribution in [1.82, 2.24) is 4.90 Å². The number of ether oxygens (including phenoxy) is 1. The van der Waals surface area contributed by atoms with Crippen LogP contribution in [0, 0.1) is 5.92 Å². The highest BCUT2D eigenvalue weighted by Crippen LogP contribution is 2.33. The van der Waals surface area contributed by atoms with Crippen molar-refractivity contribution in [3.05, 3.63) is 70.8 Å². The summed E-state index contributed by atoms with van der Waals surface area (Å²) in [5, 5.41) is 9.76. The first-order valence-electron chi connectivity index (χ1n) is 10.8. The van der Waals surface area contributed by atoms with E-state index in [2.05, 4.69) is 6.92 Å². The Morgan fingerprint density at radius 2 is 1.71 bits per heavy atom. The third kappa shape index (κ3) is 5.23. The van der Waals surface area contributed by atoms with Gasteiger partial charge in [-0.1, -0.05) is 31.2 Å². The van der Waals surface area contributed by atoms with E-state index in [1.54, 1.807) is 29.2 Å². The molecule has 0 unspecified atom stereocenters. The zero-order valence-electron chi connectivity index (χ0n) is 17.7. The van der Waals surface area contributed by atoms with Gasteiger partial charge in [0.15, 0.2) is 5.78 Å². The van der Waals surface area contributed by atoms with E-state index in [1.807, 2.05) is 36.4 Å². The van der Waals surface area contributed by atoms with Crippen molar-refractivity contribution in [1.29, 1.82) is 0 Å². The number of benzene rings is 2. The number of carbonyl (C=O) groups excluding carboxylic acids is 2. The van der Waals surface area contributed by atoms with Crippen LogP contribution in [0.4, 0.5) is 0 Å². The number of aromatic hydroxyl groups is 1. The highest BCUT2D eigenvalue weighted by Gasteiger charge is 2.37. The average Bonchev–Trinajstić information content (AvgIpc) is 3.60. The first kappa shape index (κ1) is 20.9. The van der Waals surface area contributed by atoms with Crippen LogP contribution in [0.5, 0.6) is 11.5 Å². The smallest absolute Gasteiger partial charge is 0.226 e. The fourth-order valence-corrected chi connectivity index (χ4v) is 3.71. The number of amides is 1.